The topological polar surface area (TPSA) is 117 Å². The lowest BCUT2D eigenvalue weighted by atomic mass is 10.0. The minimum absolute atomic E-state index is 0.0525. The maximum atomic E-state index is 13.5. The van der Waals surface area contributed by atoms with Crippen LogP contribution in [0.4, 0.5) is 20.5 Å². The zero-order valence-electron chi connectivity index (χ0n) is 23.7. The first-order valence-corrected chi connectivity index (χ1v) is 15.6. The first-order chi connectivity index (χ1) is 20.2. The summed E-state index contributed by atoms with van der Waals surface area (Å²) < 4.78 is 15.4. The Morgan fingerprint density at radius 2 is 1.95 bits per heavy atom. The van der Waals surface area contributed by atoms with E-state index in [1.807, 2.05) is 30.4 Å². The summed E-state index contributed by atoms with van der Waals surface area (Å²) in [5, 5.41) is 25.8. The van der Waals surface area contributed by atoms with Crippen molar-refractivity contribution >= 4 is 49.6 Å². The van der Waals surface area contributed by atoms with Crippen molar-refractivity contribution in [3.63, 3.8) is 0 Å². The predicted molar refractivity (Wildman–Crippen MR) is 161 cm³/mol. The van der Waals surface area contributed by atoms with Crippen LogP contribution in [-0.2, 0) is 11.2 Å². The number of aliphatic hydroxyl groups excluding tert-OH is 1. The Morgan fingerprint density at radius 1 is 1.19 bits per heavy atom. The predicted octanol–water partition coefficient (Wildman–Crippen LogP) is 3.36. The average Bonchev–Trinajstić information content (AvgIpc) is 3.68. The standard InChI is InChI=1S/C28H32FN9O2S2/c1-4-21-25(35(3)26-32-24(22(12-30)41-26)17-7-9-18(29)10-8-17)38-27(31-21)42-28(33-38)36-11-5-6-19(13-36)34(2)16-23(40)37-14-20(39)15-37/h7-10,19-20,39H,4-6,11,13-16H2,1-3H3/t19-/m1/s1. The molecule has 6 rings (SSSR count). The Kier molecular flexibility index (Phi) is 7.84. The van der Waals surface area contributed by atoms with E-state index in [0.29, 0.717) is 47.3 Å². The van der Waals surface area contributed by atoms with Crippen molar-refractivity contribution in [3.8, 4) is 17.3 Å². The number of nitrogens with zero attached hydrogens (tertiary/aromatic N) is 9. The average molecular weight is 610 g/mol. The van der Waals surface area contributed by atoms with Crippen LogP contribution in [0.15, 0.2) is 24.3 Å². The van der Waals surface area contributed by atoms with Gasteiger partial charge in [0.25, 0.3) is 0 Å². The Hall–Kier alpha value is -3.64. The molecule has 14 heteroatoms. The van der Waals surface area contributed by atoms with Crippen LogP contribution >= 0.6 is 22.7 Å². The molecule has 2 saturated heterocycles. The van der Waals surface area contributed by atoms with E-state index >= 15 is 0 Å². The van der Waals surface area contributed by atoms with Gasteiger partial charge in [-0.15, -0.1) is 5.10 Å². The van der Waals surface area contributed by atoms with Crippen molar-refractivity contribution in [2.24, 2.45) is 0 Å². The number of hydrogen-bond acceptors (Lipinski definition) is 11. The van der Waals surface area contributed by atoms with Crippen LogP contribution in [-0.4, -0.2) is 99.4 Å². The number of nitriles is 1. The van der Waals surface area contributed by atoms with E-state index in [-0.39, 0.29) is 17.8 Å². The largest absolute Gasteiger partial charge is 0.389 e. The van der Waals surface area contributed by atoms with E-state index in [9.17, 15) is 19.6 Å². The summed E-state index contributed by atoms with van der Waals surface area (Å²) >= 11 is 2.81. The summed E-state index contributed by atoms with van der Waals surface area (Å²) in [6, 6.07) is 8.44. The molecule has 5 heterocycles. The second-order valence-electron chi connectivity index (χ2n) is 10.8. The minimum Gasteiger partial charge on any atom is -0.389 e. The summed E-state index contributed by atoms with van der Waals surface area (Å²) in [5.41, 5.74) is 2.09. The van der Waals surface area contributed by atoms with Crippen molar-refractivity contribution in [2.45, 2.75) is 38.3 Å². The molecule has 0 radical (unpaired) electrons. The van der Waals surface area contributed by atoms with Gasteiger partial charge in [0.15, 0.2) is 10.9 Å². The number of piperidine rings is 1. The van der Waals surface area contributed by atoms with Gasteiger partial charge in [0.2, 0.25) is 16.0 Å². The van der Waals surface area contributed by atoms with Gasteiger partial charge in [0, 0.05) is 44.8 Å². The van der Waals surface area contributed by atoms with Crippen molar-refractivity contribution in [3.05, 3.63) is 40.7 Å². The van der Waals surface area contributed by atoms with Crippen LogP contribution in [0.1, 0.15) is 30.3 Å². The molecule has 0 bridgehead atoms. The van der Waals surface area contributed by atoms with Gasteiger partial charge in [0.1, 0.15) is 22.5 Å². The number of aryl methyl sites for hydroxylation is 1. The number of amides is 1. The van der Waals surface area contributed by atoms with Gasteiger partial charge in [-0.05, 0) is 50.6 Å². The highest BCUT2D eigenvalue weighted by Crippen LogP contribution is 2.38. The summed E-state index contributed by atoms with van der Waals surface area (Å²) in [4.78, 5) is 31.5. The molecular formula is C28H32FN9O2S2. The number of β-amino-alcohol motifs (C(OH)–C–C–N with tert-alkyl or cyclic N) is 1. The molecular weight excluding hydrogens is 578 g/mol. The van der Waals surface area contributed by atoms with Crippen LogP contribution in [0.3, 0.4) is 0 Å². The lowest BCUT2D eigenvalue weighted by Gasteiger charge is -2.40. The third-order valence-corrected chi connectivity index (χ3v) is 9.91. The van der Waals surface area contributed by atoms with E-state index in [1.165, 1.54) is 34.8 Å². The lowest BCUT2D eigenvalue weighted by Crippen LogP contribution is -2.57. The second kappa shape index (κ2) is 11.6. The summed E-state index contributed by atoms with van der Waals surface area (Å²) in [6.45, 7) is 4.85. The van der Waals surface area contributed by atoms with E-state index in [1.54, 1.807) is 17.0 Å². The highest BCUT2D eigenvalue weighted by atomic mass is 32.1. The molecule has 1 aromatic carbocycles. The van der Waals surface area contributed by atoms with Gasteiger partial charge in [-0.25, -0.2) is 14.4 Å². The van der Waals surface area contributed by atoms with Gasteiger partial charge in [-0.3, -0.25) is 9.69 Å². The van der Waals surface area contributed by atoms with Crippen LogP contribution < -0.4 is 9.80 Å². The van der Waals surface area contributed by atoms with Gasteiger partial charge < -0.3 is 19.8 Å². The van der Waals surface area contributed by atoms with E-state index in [4.69, 9.17) is 15.1 Å². The number of aromatic nitrogens is 4. The van der Waals surface area contributed by atoms with Crippen LogP contribution in [0.25, 0.3) is 16.2 Å². The van der Waals surface area contributed by atoms with Gasteiger partial charge >= 0.3 is 0 Å². The highest BCUT2D eigenvalue weighted by molar-refractivity contribution is 7.20. The molecule has 0 unspecified atom stereocenters. The van der Waals surface area contributed by atoms with Crippen molar-refractivity contribution in [1.82, 2.24) is 29.4 Å². The first kappa shape index (κ1) is 28.5. The number of anilines is 3. The third kappa shape index (κ3) is 5.33. The molecule has 0 aliphatic carbocycles. The fourth-order valence-corrected chi connectivity index (χ4v) is 7.28. The Labute approximate surface area is 251 Å². The SMILES string of the molecule is CCc1nc2sc(N3CCC[C@@H](N(C)CC(=O)N4CC(O)C4)C3)nn2c1N(C)c1nc(-c2ccc(F)cc2)c(C#N)s1. The third-order valence-electron chi connectivity index (χ3n) is 7.90. The number of likely N-dealkylation sites (tertiary alicyclic amines) is 1. The first-order valence-electron chi connectivity index (χ1n) is 14.0. The molecule has 1 N–H and O–H groups in total. The molecule has 2 aliphatic heterocycles. The van der Waals surface area contributed by atoms with Gasteiger partial charge in [0.05, 0.1) is 18.3 Å². The number of carbonyl (C=O) groups excluding carboxylic acids is 1. The Bertz CT molecular complexity index is 1640. The number of thiazole rings is 1. The monoisotopic (exact) mass is 609 g/mol. The Balaban J connectivity index is 1.23. The van der Waals surface area contributed by atoms with Crippen molar-refractivity contribution < 1.29 is 14.3 Å². The van der Waals surface area contributed by atoms with Crippen LogP contribution in [0.5, 0.6) is 0 Å². The second-order valence-corrected chi connectivity index (χ2v) is 12.7. The molecule has 220 valence electrons. The van der Waals surface area contributed by atoms with Crippen molar-refractivity contribution in [1.29, 1.82) is 5.26 Å². The summed E-state index contributed by atoms with van der Waals surface area (Å²) in [6.07, 6.45) is 2.29. The number of halogens is 1. The zero-order chi connectivity index (χ0) is 29.5. The zero-order valence-corrected chi connectivity index (χ0v) is 25.3. The molecule has 1 atom stereocenters. The fraction of sp³-hybridized carbons (Fsp3) is 0.464. The van der Waals surface area contributed by atoms with Crippen LogP contribution in [0, 0.1) is 17.1 Å². The van der Waals surface area contributed by atoms with E-state index in [0.717, 1.165) is 47.5 Å². The molecule has 42 heavy (non-hydrogen) atoms. The molecule has 2 aliphatic rings. The van der Waals surface area contributed by atoms with Gasteiger partial charge in [-0.2, -0.15) is 9.78 Å². The minimum atomic E-state index is -0.397. The summed E-state index contributed by atoms with van der Waals surface area (Å²) in [5.74, 6) is 0.509. The van der Waals surface area contributed by atoms with E-state index < -0.39 is 6.10 Å². The fourth-order valence-electron chi connectivity index (χ4n) is 5.48. The molecule has 0 saturated carbocycles. The molecule has 3 aromatic heterocycles. The number of likely N-dealkylation sites (N-methyl/N-ethyl adjacent to an activating group) is 1. The molecule has 4 aromatic rings. The molecule has 2 fully saturated rings. The number of hydrogen-bond donors (Lipinski definition) is 1. The quantitative estimate of drug-likeness (QED) is 0.321. The number of carbonyl (C=O) groups is 1. The van der Waals surface area contributed by atoms with E-state index in [2.05, 4.69) is 15.9 Å². The number of fused-ring (bicyclic) bond motifs is 1. The van der Waals surface area contributed by atoms with Crippen LogP contribution in [0.2, 0.25) is 0 Å². The summed E-state index contributed by atoms with van der Waals surface area (Å²) in [7, 11) is 3.89. The molecule has 0 spiro atoms. The highest BCUT2D eigenvalue weighted by Gasteiger charge is 2.32. The van der Waals surface area contributed by atoms with Crippen molar-refractivity contribution in [2.75, 3.05) is 56.6 Å². The number of imidazole rings is 1. The maximum Gasteiger partial charge on any atom is 0.236 e. The number of aliphatic hydroxyl groups is 1. The number of rotatable bonds is 8. The smallest absolute Gasteiger partial charge is 0.236 e. The normalized spacial score (nSPS) is 17.6. The lowest BCUT2D eigenvalue weighted by molar-refractivity contribution is -0.142. The maximum absolute atomic E-state index is 13.5. The Morgan fingerprint density at radius 3 is 2.64 bits per heavy atom. The van der Waals surface area contributed by atoms with Gasteiger partial charge in [-0.1, -0.05) is 29.6 Å². The number of benzene rings is 1. The molecule has 11 nitrogen and oxygen atoms in total. The molecule has 1 amide bonds.